The van der Waals surface area contributed by atoms with Gasteiger partial charge in [-0.3, -0.25) is 9.78 Å². The maximum absolute atomic E-state index is 13.1. The van der Waals surface area contributed by atoms with Crippen molar-refractivity contribution in [3.63, 3.8) is 0 Å². The van der Waals surface area contributed by atoms with Crippen molar-refractivity contribution in [1.82, 2.24) is 10.3 Å². The number of carbonyl (C=O) groups excluding carboxylic acids is 1. The van der Waals surface area contributed by atoms with Crippen LogP contribution >= 0.6 is 0 Å². The van der Waals surface area contributed by atoms with Crippen LogP contribution in [0.1, 0.15) is 29.8 Å². The summed E-state index contributed by atoms with van der Waals surface area (Å²) in [5.74, 6) is -0.797. The summed E-state index contributed by atoms with van der Waals surface area (Å²) in [4.78, 5) is 16.2. The lowest BCUT2D eigenvalue weighted by atomic mass is 9.99. The van der Waals surface area contributed by atoms with Crippen LogP contribution in [0.5, 0.6) is 5.75 Å². The number of alkyl halides is 6. The first-order valence-corrected chi connectivity index (χ1v) is 8.73. The molecule has 0 spiro atoms. The summed E-state index contributed by atoms with van der Waals surface area (Å²) in [7, 11) is 0. The highest BCUT2D eigenvalue weighted by atomic mass is 19.4. The predicted octanol–water partition coefficient (Wildman–Crippen LogP) is 3.79. The van der Waals surface area contributed by atoms with Crippen molar-refractivity contribution in [1.29, 1.82) is 0 Å². The maximum atomic E-state index is 13.1. The van der Waals surface area contributed by atoms with E-state index in [9.17, 15) is 31.1 Å². The van der Waals surface area contributed by atoms with Gasteiger partial charge in [-0.25, -0.2) is 0 Å². The number of amides is 1. The lowest BCUT2D eigenvalue weighted by Crippen LogP contribution is -2.43. The fourth-order valence-corrected chi connectivity index (χ4v) is 2.60. The quantitative estimate of drug-likeness (QED) is 0.649. The third-order valence-corrected chi connectivity index (χ3v) is 4.06. The lowest BCUT2D eigenvalue weighted by molar-refractivity contribution is -0.153. The zero-order valence-corrected chi connectivity index (χ0v) is 15.7. The van der Waals surface area contributed by atoms with Gasteiger partial charge in [0.25, 0.3) is 0 Å². The van der Waals surface area contributed by atoms with E-state index < -0.39 is 42.5 Å². The average Bonchev–Trinajstić information content (AvgIpc) is 2.65. The number of carbonyl (C=O) groups is 1. The molecular formula is C19H19F6N3O2. The van der Waals surface area contributed by atoms with Gasteiger partial charge < -0.3 is 15.8 Å². The van der Waals surface area contributed by atoms with E-state index in [1.165, 1.54) is 30.3 Å². The van der Waals surface area contributed by atoms with E-state index in [1.54, 1.807) is 6.92 Å². The first-order chi connectivity index (χ1) is 13.9. The normalized spacial score (nSPS) is 14.1. The highest BCUT2D eigenvalue weighted by Gasteiger charge is 2.33. The second kappa shape index (κ2) is 9.33. The van der Waals surface area contributed by atoms with Gasteiger partial charge in [0.2, 0.25) is 5.91 Å². The summed E-state index contributed by atoms with van der Waals surface area (Å²) in [6.45, 7) is 0.0847. The largest absolute Gasteiger partial charge is 0.483 e. The van der Waals surface area contributed by atoms with E-state index in [0.29, 0.717) is 5.69 Å². The Kier molecular flexibility index (Phi) is 7.30. The summed E-state index contributed by atoms with van der Waals surface area (Å²) >= 11 is 0. The molecule has 2 aromatic rings. The van der Waals surface area contributed by atoms with E-state index in [1.807, 2.05) is 0 Å². The van der Waals surface area contributed by atoms with E-state index in [2.05, 4.69) is 15.0 Å². The van der Waals surface area contributed by atoms with Crippen LogP contribution in [0.15, 0.2) is 42.6 Å². The van der Waals surface area contributed by atoms with E-state index >= 15 is 0 Å². The van der Waals surface area contributed by atoms with Crippen LogP contribution in [0.2, 0.25) is 0 Å². The van der Waals surface area contributed by atoms with Crippen LogP contribution in [0.3, 0.4) is 0 Å². The molecule has 0 saturated carbocycles. The third kappa shape index (κ3) is 6.90. The van der Waals surface area contributed by atoms with Crippen LogP contribution in [-0.4, -0.2) is 29.7 Å². The van der Waals surface area contributed by atoms with E-state index in [-0.39, 0.29) is 17.7 Å². The monoisotopic (exact) mass is 435 g/mol. The summed E-state index contributed by atoms with van der Waals surface area (Å²) < 4.78 is 80.2. The molecule has 1 aromatic carbocycles. The Morgan fingerprint density at radius 2 is 1.80 bits per heavy atom. The molecule has 1 amide bonds. The van der Waals surface area contributed by atoms with Crippen molar-refractivity contribution < 1.29 is 35.9 Å². The molecule has 1 unspecified atom stereocenters. The van der Waals surface area contributed by atoms with Crippen molar-refractivity contribution in [2.75, 3.05) is 6.61 Å². The molecule has 0 aliphatic heterocycles. The summed E-state index contributed by atoms with van der Waals surface area (Å²) in [5.41, 5.74) is 5.11. The number of halogens is 6. The lowest BCUT2D eigenvalue weighted by Gasteiger charge is -2.19. The second-order valence-electron chi connectivity index (χ2n) is 6.52. The van der Waals surface area contributed by atoms with Gasteiger partial charge in [0.1, 0.15) is 5.75 Å². The number of benzene rings is 1. The molecule has 5 nitrogen and oxygen atoms in total. The highest BCUT2D eigenvalue weighted by Crippen LogP contribution is 2.32. The van der Waals surface area contributed by atoms with Gasteiger partial charge >= 0.3 is 12.4 Å². The standard InChI is InChI=1S/C19H19F6N3O2/c1-11(16-7-6-13(9-27-16)30-10-18(20,21)22)28-17(29)15(26)8-12-4-2-3-5-14(12)19(23,24)25/h2-7,9,11,15H,8,10,26H2,1H3,(H,28,29)/t11-,15?/m1/s1. The van der Waals surface area contributed by atoms with Crippen LogP contribution in [0.4, 0.5) is 26.3 Å². The molecule has 0 aliphatic carbocycles. The average molecular weight is 435 g/mol. The van der Waals surface area contributed by atoms with Gasteiger partial charge in [0, 0.05) is 0 Å². The molecule has 2 atom stereocenters. The first-order valence-electron chi connectivity index (χ1n) is 8.73. The fourth-order valence-electron chi connectivity index (χ4n) is 2.60. The number of hydrogen-bond donors (Lipinski definition) is 2. The molecule has 2 rings (SSSR count). The minimum Gasteiger partial charge on any atom is -0.483 e. The Hall–Kier alpha value is -2.82. The number of hydrogen-bond acceptors (Lipinski definition) is 4. The van der Waals surface area contributed by atoms with Crippen molar-refractivity contribution >= 4 is 5.91 Å². The minimum absolute atomic E-state index is 0.102. The highest BCUT2D eigenvalue weighted by molar-refractivity contribution is 5.82. The second-order valence-corrected chi connectivity index (χ2v) is 6.52. The van der Waals surface area contributed by atoms with Crippen LogP contribution in [0.25, 0.3) is 0 Å². The number of ether oxygens (including phenoxy) is 1. The number of pyridine rings is 1. The van der Waals surface area contributed by atoms with Gasteiger partial charge in [-0.05, 0) is 37.1 Å². The summed E-state index contributed by atoms with van der Waals surface area (Å²) in [6.07, 6.45) is -8.31. The molecule has 0 fully saturated rings. The zero-order valence-electron chi connectivity index (χ0n) is 15.7. The number of aromatic nitrogens is 1. The summed E-state index contributed by atoms with van der Waals surface area (Å²) in [6, 6.07) is 5.52. The fraction of sp³-hybridized carbons (Fsp3) is 0.368. The predicted molar refractivity (Wildman–Crippen MR) is 95.5 cm³/mol. The molecule has 0 aliphatic rings. The van der Waals surface area contributed by atoms with Gasteiger partial charge in [-0.1, -0.05) is 18.2 Å². The molecule has 3 N–H and O–H groups in total. The third-order valence-electron chi connectivity index (χ3n) is 4.06. The molecule has 164 valence electrons. The van der Waals surface area contributed by atoms with Crippen LogP contribution in [-0.2, 0) is 17.4 Å². The van der Waals surface area contributed by atoms with Gasteiger partial charge in [-0.15, -0.1) is 0 Å². The Morgan fingerprint density at radius 3 is 2.37 bits per heavy atom. The molecular weight excluding hydrogens is 416 g/mol. The topological polar surface area (TPSA) is 77.2 Å². The molecule has 30 heavy (non-hydrogen) atoms. The molecule has 0 bridgehead atoms. The van der Waals surface area contributed by atoms with Crippen molar-refractivity contribution in [3.8, 4) is 5.75 Å². The smallest absolute Gasteiger partial charge is 0.422 e. The molecule has 0 radical (unpaired) electrons. The summed E-state index contributed by atoms with van der Waals surface area (Å²) in [5, 5.41) is 2.52. The number of nitrogens with zero attached hydrogens (tertiary/aromatic N) is 1. The Bertz CT molecular complexity index is 853. The minimum atomic E-state index is -4.57. The van der Waals surface area contributed by atoms with E-state index in [4.69, 9.17) is 5.73 Å². The van der Waals surface area contributed by atoms with Gasteiger partial charge in [-0.2, -0.15) is 26.3 Å². The van der Waals surface area contributed by atoms with Gasteiger partial charge in [0.15, 0.2) is 6.61 Å². The maximum Gasteiger partial charge on any atom is 0.422 e. The van der Waals surface area contributed by atoms with Crippen molar-refractivity contribution in [2.45, 2.75) is 37.8 Å². The molecule has 0 saturated heterocycles. The molecule has 1 heterocycles. The van der Waals surface area contributed by atoms with Crippen molar-refractivity contribution in [2.24, 2.45) is 5.73 Å². The van der Waals surface area contributed by atoms with Crippen LogP contribution < -0.4 is 15.8 Å². The van der Waals surface area contributed by atoms with E-state index in [0.717, 1.165) is 12.3 Å². The molecule has 11 heteroatoms. The zero-order chi connectivity index (χ0) is 22.5. The molecule has 1 aromatic heterocycles. The van der Waals surface area contributed by atoms with Crippen molar-refractivity contribution in [3.05, 3.63) is 59.4 Å². The Morgan fingerprint density at radius 1 is 1.13 bits per heavy atom. The number of nitrogens with two attached hydrogens (primary N) is 1. The Labute approximate surface area is 168 Å². The van der Waals surface area contributed by atoms with Gasteiger partial charge in [0.05, 0.1) is 29.5 Å². The first kappa shape index (κ1) is 23.5. The Balaban J connectivity index is 1.97. The number of nitrogens with one attached hydrogen (secondary N) is 1. The SMILES string of the molecule is C[C@@H](NC(=O)C(N)Cc1ccccc1C(F)(F)F)c1ccc(OCC(F)(F)F)cn1. The van der Waals surface area contributed by atoms with Crippen LogP contribution in [0, 0.1) is 0 Å². The number of rotatable bonds is 7.